The molecule has 0 radical (unpaired) electrons. The summed E-state index contributed by atoms with van der Waals surface area (Å²) in [5.41, 5.74) is 13.5. The molecule has 11 amide bonds. The largest absolute Gasteiger partial charge is 0.508 e. The molecule has 1 aromatic heterocycles. The first-order valence-corrected chi connectivity index (χ1v) is 31.7. The van der Waals surface area contributed by atoms with Crippen LogP contribution in [-0.2, 0) is 81.6 Å². The van der Waals surface area contributed by atoms with Crippen molar-refractivity contribution in [2.45, 2.75) is 152 Å². The summed E-state index contributed by atoms with van der Waals surface area (Å²) in [5.74, 6) is -15.0. The van der Waals surface area contributed by atoms with Crippen molar-refractivity contribution in [1.82, 2.24) is 63.5 Å². The number of thiol groups is 2. The molecule has 0 saturated carbocycles. The van der Waals surface area contributed by atoms with Gasteiger partial charge in [-0.15, -0.1) is 0 Å². The molecule has 3 aromatic carbocycles. The number of carbonyl (C=O) groups excluding carboxylic acids is 11. The number of aromatic nitrogens is 1. The van der Waals surface area contributed by atoms with Gasteiger partial charge in [0.25, 0.3) is 0 Å². The molecule has 0 bridgehead atoms. The first kappa shape index (κ1) is 78.1. The van der Waals surface area contributed by atoms with Gasteiger partial charge in [-0.05, 0) is 87.4 Å². The Kier molecular flexibility index (Phi) is 31.9. The SMILES string of the molecule is CC(C)[C@H](NC(=O)[C@H](CS)NC(=O)[C@H](Cc1ccc(O)cc1)NC(=O)[C@H](CCCCN)NC(=O)[C@H](Cc1c[nH]c2ccccc12)NC(=O)[C@H](Cc1ccccc1)NC(=O)[C@H](CS)NC(=O)[C@H](CC(=O)O)NC(=O)[C@H](C)NC(=O)[C@@H](NC(=O)CNC(=O)[C@H](C)N)[C@@H](C)O)C(=O)O. The molecule has 4 aromatic rings. The van der Waals surface area contributed by atoms with Gasteiger partial charge in [0.1, 0.15) is 66.2 Å². The van der Waals surface area contributed by atoms with Gasteiger partial charge < -0.3 is 95.4 Å². The molecule has 0 aliphatic heterocycles. The number of aromatic amines is 1. The number of carboxylic acid groups (broad SMARTS) is 2. The van der Waals surface area contributed by atoms with Gasteiger partial charge in [-0.25, -0.2) is 4.79 Å². The number of phenols is 1. The molecular formula is C62H86N14O17S2. The second-order valence-electron chi connectivity index (χ2n) is 22.9. The molecule has 0 fully saturated rings. The number of unbranched alkanes of at least 4 members (excludes halogenated alkanes) is 1. The Hall–Kier alpha value is -9.31. The lowest BCUT2D eigenvalue weighted by molar-refractivity contribution is -0.143. The number of hydrogen-bond donors (Lipinski definition) is 20. The number of rotatable bonds is 39. The highest BCUT2D eigenvalue weighted by Gasteiger charge is 2.37. The van der Waals surface area contributed by atoms with Crippen LogP contribution >= 0.6 is 25.3 Å². The Morgan fingerprint density at radius 3 is 1.49 bits per heavy atom. The zero-order valence-electron chi connectivity index (χ0n) is 53.0. The zero-order valence-corrected chi connectivity index (χ0v) is 54.8. The van der Waals surface area contributed by atoms with Crippen LogP contribution in [0.1, 0.15) is 77.0 Å². The lowest BCUT2D eigenvalue weighted by Crippen LogP contribution is -2.61. The quantitative estimate of drug-likeness (QED) is 0.0155. The highest BCUT2D eigenvalue weighted by molar-refractivity contribution is 7.80. The summed E-state index contributed by atoms with van der Waals surface area (Å²) in [5, 5.41) is 67.5. The third kappa shape index (κ3) is 25.5. The highest BCUT2D eigenvalue weighted by Crippen LogP contribution is 2.20. The lowest BCUT2D eigenvalue weighted by Gasteiger charge is -2.28. The van der Waals surface area contributed by atoms with Crippen LogP contribution in [0.15, 0.2) is 85.1 Å². The minimum absolute atomic E-state index is 0.0647. The Morgan fingerprint density at radius 2 is 0.979 bits per heavy atom. The van der Waals surface area contributed by atoms with Crippen molar-refractivity contribution >= 4 is 113 Å². The number of aliphatic carboxylic acids is 2. The maximum absolute atomic E-state index is 15.0. The molecule has 0 unspecified atom stereocenters. The van der Waals surface area contributed by atoms with E-state index in [1.165, 1.54) is 31.2 Å². The second-order valence-corrected chi connectivity index (χ2v) is 23.6. The van der Waals surface area contributed by atoms with E-state index in [4.69, 9.17) is 11.5 Å². The van der Waals surface area contributed by atoms with Crippen molar-refractivity contribution in [2.24, 2.45) is 17.4 Å². The molecule has 12 atom stereocenters. The van der Waals surface area contributed by atoms with Crippen LogP contribution < -0.4 is 70.0 Å². The van der Waals surface area contributed by atoms with E-state index in [1.54, 1.807) is 74.6 Å². The van der Waals surface area contributed by atoms with Crippen LogP contribution in [0, 0.1) is 5.92 Å². The number of benzene rings is 3. The minimum Gasteiger partial charge on any atom is -0.508 e. The number of nitrogens with one attached hydrogen (secondary N) is 12. The average Bonchev–Trinajstić information content (AvgIpc) is 1.75. The number of aliphatic hydroxyl groups is 1. The number of fused-ring (bicyclic) bond motifs is 1. The summed E-state index contributed by atoms with van der Waals surface area (Å²) in [6.45, 7) is 6.37. The van der Waals surface area contributed by atoms with Crippen LogP contribution in [0.2, 0.25) is 0 Å². The normalized spacial score (nSPS) is 14.9. The lowest BCUT2D eigenvalue weighted by atomic mass is 10.0. The van der Waals surface area contributed by atoms with Crippen molar-refractivity contribution in [3.8, 4) is 5.75 Å². The number of para-hydroxylation sites is 1. The highest BCUT2D eigenvalue weighted by atomic mass is 32.1. The molecule has 31 nitrogen and oxygen atoms in total. The molecule has 518 valence electrons. The van der Waals surface area contributed by atoms with Crippen LogP contribution in [-0.4, -0.2) is 199 Å². The monoisotopic (exact) mass is 1360 g/mol. The number of carbonyl (C=O) groups is 13. The summed E-state index contributed by atoms with van der Waals surface area (Å²) < 4.78 is 0. The van der Waals surface area contributed by atoms with Gasteiger partial charge >= 0.3 is 11.9 Å². The molecule has 0 saturated heterocycles. The number of aromatic hydroxyl groups is 1. The van der Waals surface area contributed by atoms with E-state index in [2.05, 4.69) is 88.7 Å². The predicted octanol–water partition coefficient (Wildman–Crippen LogP) is -3.18. The third-order valence-electron chi connectivity index (χ3n) is 14.8. The van der Waals surface area contributed by atoms with E-state index in [0.717, 1.165) is 13.8 Å². The van der Waals surface area contributed by atoms with Crippen LogP contribution in [0.5, 0.6) is 5.75 Å². The van der Waals surface area contributed by atoms with Crippen molar-refractivity contribution in [1.29, 1.82) is 0 Å². The first-order valence-electron chi connectivity index (χ1n) is 30.4. The molecule has 4 rings (SSSR count). The standard InChI is InChI=1S/C62H86N14O17S2/c1-31(2)50(62(92)93)76-60(90)47(30-95)74-56(86)43(24-36-18-20-38(78)21-19-36)70-54(84)41(17-11-12-22-63)68-57(87)44(25-37-27-65-40-16-10-9-15-39(37)40)72-55(85)42(23-35-13-7-6-8-14-35)71-59(89)46(29-94)73-58(88)45(26-49(80)81)69-53(83)33(4)67-61(91)51(34(5)77)75-48(79)28-66-52(82)32(3)64/h6-10,13-16,18-21,27,31-34,41-47,50-51,65,77-78,94-95H,11-12,17,22-26,28-30,63-64H2,1-5H3,(H,66,82)(H,67,91)(H,68,87)(H,69,83)(H,70,84)(H,71,89)(H,72,85)(H,73,88)(H,74,86)(H,75,79)(H,76,90)(H,80,81)(H,92,93)/t32-,33-,34+,41-,42-,43-,44-,45-,46-,47-,50-,51-/m0/s1. The number of amides is 11. The van der Waals surface area contributed by atoms with E-state index < -0.39 is 174 Å². The fourth-order valence-corrected chi connectivity index (χ4v) is 9.94. The van der Waals surface area contributed by atoms with Crippen LogP contribution in [0.3, 0.4) is 0 Å². The maximum atomic E-state index is 15.0. The van der Waals surface area contributed by atoms with Gasteiger partial charge in [0.15, 0.2) is 0 Å². The van der Waals surface area contributed by atoms with Crippen molar-refractivity contribution < 1.29 is 82.8 Å². The number of phenolic OH excluding ortho intramolecular Hbond substituents is 1. The predicted molar refractivity (Wildman–Crippen MR) is 353 cm³/mol. The van der Waals surface area contributed by atoms with Gasteiger partial charge in [-0.3, -0.25) is 57.5 Å². The van der Waals surface area contributed by atoms with E-state index >= 15 is 4.79 Å². The number of aliphatic hydroxyl groups excluding tert-OH is 1. The number of carboxylic acids is 2. The second kappa shape index (κ2) is 38.8. The van der Waals surface area contributed by atoms with E-state index in [0.29, 0.717) is 34.0 Å². The number of H-pyrrole nitrogens is 1. The minimum atomic E-state index is -1.92. The van der Waals surface area contributed by atoms with Gasteiger partial charge in [0, 0.05) is 47.9 Å². The molecule has 0 aliphatic rings. The Balaban J connectivity index is 1.64. The summed E-state index contributed by atoms with van der Waals surface area (Å²) in [4.78, 5) is 179. The zero-order chi connectivity index (χ0) is 70.6. The van der Waals surface area contributed by atoms with Crippen molar-refractivity contribution in [3.63, 3.8) is 0 Å². The van der Waals surface area contributed by atoms with Gasteiger partial charge in [0.2, 0.25) is 65.0 Å². The van der Waals surface area contributed by atoms with Crippen LogP contribution in [0.25, 0.3) is 10.9 Å². The van der Waals surface area contributed by atoms with Crippen molar-refractivity contribution in [3.05, 3.63) is 102 Å². The smallest absolute Gasteiger partial charge is 0.326 e. The summed E-state index contributed by atoms with van der Waals surface area (Å²) in [7, 11) is 0. The Morgan fingerprint density at radius 1 is 0.505 bits per heavy atom. The third-order valence-corrected chi connectivity index (χ3v) is 15.5. The molecule has 95 heavy (non-hydrogen) atoms. The summed E-state index contributed by atoms with van der Waals surface area (Å²) in [6.07, 6.45) is -1.11. The molecule has 0 aliphatic carbocycles. The van der Waals surface area contributed by atoms with Gasteiger partial charge in [-0.2, -0.15) is 25.3 Å². The molecule has 33 heteroatoms. The molecule has 1 heterocycles. The fourth-order valence-electron chi connectivity index (χ4n) is 9.42. The molecular weight excluding hydrogens is 1280 g/mol. The number of hydrogen-bond acceptors (Lipinski definition) is 19. The topological polar surface area (TPSA) is 503 Å². The van der Waals surface area contributed by atoms with Crippen LogP contribution in [0.4, 0.5) is 0 Å². The van der Waals surface area contributed by atoms with E-state index in [1.807, 2.05) is 0 Å². The molecule has 20 N–H and O–H groups in total. The number of nitrogens with two attached hydrogens (primary N) is 2. The van der Waals surface area contributed by atoms with Crippen molar-refractivity contribution in [2.75, 3.05) is 24.6 Å². The maximum Gasteiger partial charge on any atom is 0.326 e. The Labute approximate surface area is 558 Å². The Bertz CT molecular complexity index is 3320. The van der Waals surface area contributed by atoms with Gasteiger partial charge in [-0.1, -0.05) is 74.5 Å². The fraction of sp³-hybridized carbons (Fsp3) is 0.468. The first-order chi connectivity index (χ1) is 45.0. The summed E-state index contributed by atoms with van der Waals surface area (Å²) in [6, 6.07) is 4.53. The van der Waals surface area contributed by atoms with Gasteiger partial charge in [0.05, 0.1) is 25.1 Å². The average molecular weight is 1360 g/mol. The molecule has 0 spiro atoms. The summed E-state index contributed by atoms with van der Waals surface area (Å²) >= 11 is 8.48. The van der Waals surface area contributed by atoms with E-state index in [9.17, 15) is 78.0 Å². The van der Waals surface area contributed by atoms with E-state index in [-0.39, 0.29) is 50.2 Å².